The molecule has 0 aliphatic carbocycles. The van der Waals surface area contributed by atoms with Crippen molar-refractivity contribution in [1.29, 1.82) is 0 Å². The molecule has 3 amide bonds. The third-order valence-corrected chi connectivity index (χ3v) is 5.50. The molecule has 2 aromatic carbocycles. The number of hydrogen-bond donors (Lipinski definition) is 2. The van der Waals surface area contributed by atoms with Crippen LogP contribution in [0.5, 0.6) is 0 Å². The maximum absolute atomic E-state index is 12.8. The third kappa shape index (κ3) is 7.11. The molecule has 1 atom stereocenters. The first-order valence-electron chi connectivity index (χ1n) is 11.0. The molecule has 0 unspecified atom stereocenters. The lowest BCUT2D eigenvalue weighted by molar-refractivity contribution is -0.0626. The second kappa shape index (κ2) is 10.0. The number of carbonyl (C=O) groups is 2. The summed E-state index contributed by atoms with van der Waals surface area (Å²) in [5.74, 6) is 0. The molecule has 2 aromatic rings. The van der Waals surface area contributed by atoms with Crippen LogP contribution in [0, 0.1) is 0 Å². The van der Waals surface area contributed by atoms with Gasteiger partial charge in [-0.1, -0.05) is 23.7 Å². The number of anilines is 2. The maximum Gasteiger partial charge on any atom is 0.412 e. The molecule has 1 saturated heterocycles. The molecule has 0 bridgehead atoms. The van der Waals surface area contributed by atoms with Crippen LogP contribution in [0.25, 0.3) is 0 Å². The van der Waals surface area contributed by atoms with Crippen molar-refractivity contribution in [2.45, 2.75) is 64.8 Å². The molecule has 3 rings (SSSR count). The fourth-order valence-corrected chi connectivity index (χ4v) is 3.82. The number of amides is 3. The molecule has 0 saturated carbocycles. The van der Waals surface area contributed by atoms with Gasteiger partial charge in [0.05, 0.1) is 12.6 Å². The van der Waals surface area contributed by atoms with E-state index in [1.165, 1.54) is 0 Å². The lowest BCUT2D eigenvalue weighted by Crippen LogP contribution is -2.49. The Morgan fingerprint density at radius 1 is 1.06 bits per heavy atom. The van der Waals surface area contributed by atoms with Crippen molar-refractivity contribution in [3.63, 3.8) is 0 Å². The zero-order chi connectivity index (χ0) is 24.2. The van der Waals surface area contributed by atoms with Crippen LogP contribution in [0.3, 0.4) is 0 Å². The number of halogens is 1. The molecule has 7 nitrogen and oxygen atoms in total. The summed E-state index contributed by atoms with van der Waals surface area (Å²) in [7, 11) is 0. The summed E-state index contributed by atoms with van der Waals surface area (Å²) in [4.78, 5) is 26.7. The van der Waals surface area contributed by atoms with Gasteiger partial charge in [0, 0.05) is 16.4 Å². The zero-order valence-electron chi connectivity index (χ0n) is 19.8. The quantitative estimate of drug-likeness (QED) is 0.534. The second-order valence-electron chi connectivity index (χ2n) is 9.58. The first kappa shape index (κ1) is 24.9. The molecule has 1 aliphatic heterocycles. The van der Waals surface area contributed by atoms with E-state index in [1.54, 1.807) is 29.2 Å². The van der Waals surface area contributed by atoms with E-state index in [1.807, 2.05) is 58.9 Å². The van der Waals surface area contributed by atoms with Crippen LogP contribution in [-0.2, 0) is 15.9 Å². The Bertz CT molecular complexity index is 969. The van der Waals surface area contributed by atoms with Gasteiger partial charge in [-0.25, -0.2) is 9.59 Å². The number of aryl methyl sites for hydroxylation is 1. The Morgan fingerprint density at radius 2 is 1.61 bits per heavy atom. The fraction of sp³-hybridized carbons (Fsp3) is 0.440. The van der Waals surface area contributed by atoms with E-state index in [0.29, 0.717) is 23.0 Å². The first-order valence-corrected chi connectivity index (χ1v) is 11.4. The smallest absolute Gasteiger partial charge is 0.412 e. The van der Waals surface area contributed by atoms with Crippen LogP contribution >= 0.6 is 11.6 Å². The molecule has 178 valence electrons. The monoisotopic (exact) mass is 473 g/mol. The van der Waals surface area contributed by atoms with E-state index in [-0.39, 0.29) is 18.2 Å². The van der Waals surface area contributed by atoms with Crippen LogP contribution in [0.1, 0.15) is 46.6 Å². The number of nitrogens with zero attached hydrogens (tertiary/aromatic N) is 1. The highest BCUT2D eigenvalue weighted by Gasteiger charge is 2.45. The summed E-state index contributed by atoms with van der Waals surface area (Å²) in [6.07, 6.45) is 1.15. The summed E-state index contributed by atoms with van der Waals surface area (Å²) in [6, 6.07) is 14.2. The first-order chi connectivity index (χ1) is 15.4. The molecule has 0 radical (unpaired) electrons. The molecule has 1 fully saturated rings. The van der Waals surface area contributed by atoms with E-state index < -0.39 is 11.3 Å². The van der Waals surface area contributed by atoms with Crippen molar-refractivity contribution in [1.82, 2.24) is 4.90 Å². The number of hydrogen-bond acceptors (Lipinski definition) is 4. The van der Waals surface area contributed by atoms with Crippen LogP contribution in [0.4, 0.5) is 21.0 Å². The SMILES string of the molecule is CC(C)(C)OC(=O)N1[C@@H](CCc2ccc(NC(=O)Nc3ccc(Cl)cc3)cc2)COC1(C)C. The van der Waals surface area contributed by atoms with E-state index in [4.69, 9.17) is 21.1 Å². The van der Waals surface area contributed by atoms with Gasteiger partial charge in [-0.05, 0) is 89.4 Å². The van der Waals surface area contributed by atoms with Crippen molar-refractivity contribution in [2.24, 2.45) is 0 Å². The fourth-order valence-electron chi connectivity index (χ4n) is 3.69. The Morgan fingerprint density at radius 3 is 2.15 bits per heavy atom. The predicted octanol–water partition coefficient (Wildman–Crippen LogP) is 6.29. The molecule has 1 aliphatic rings. The minimum atomic E-state index is -0.710. The van der Waals surface area contributed by atoms with Crippen molar-refractivity contribution in [3.8, 4) is 0 Å². The average Bonchev–Trinajstić information content (AvgIpc) is 3.02. The summed E-state index contributed by atoms with van der Waals surface area (Å²) in [5.41, 5.74) is 1.17. The zero-order valence-corrected chi connectivity index (χ0v) is 20.5. The Kier molecular flexibility index (Phi) is 7.55. The number of benzene rings is 2. The minimum absolute atomic E-state index is 0.0715. The van der Waals surface area contributed by atoms with Gasteiger partial charge < -0.3 is 20.1 Å². The molecule has 8 heteroatoms. The normalized spacial score (nSPS) is 17.5. The van der Waals surface area contributed by atoms with Crippen molar-refractivity contribution < 1.29 is 19.1 Å². The molecule has 1 heterocycles. The van der Waals surface area contributed by atoms with Gasteiger partial charge in [-0.2, -0.15) is 0 Å². The number of carbonyl (C=O) groups excluding carboxylic acids is 2. The molecular formula is C25H32ClN3O4. The van der Waals surface area contributed by atoms with Gasteiger partial charge in [-0.15, -0.1) is 0 Å². The van der Waals surface area contributed by atoms with Gasteiger partial charge in [0.15, 0.2) is 0 Å². The van der Waals surface area contributed by atoms with Crippen LogP contribution < -0.4 is 10.6 Å². The van der Waals surface area contributed by atoms with E-state index in [2.05, 4.69) is 10.6 Å². The number of nitrogens with one attached hydrogen (secondary N) is 2. The lowest BCUT2D eigenvalue weighted by Gasteiger charge is -2.35. The standard InChI is InChI=1S/C25H32ClN3O4/c1-24(2,3)33-23(31)29-21(16-32-25(29,4)5)15-8-17-6-11-19(12-7-17)27-22(30)28-20-13-9-18(26)10-14-20/h6-7,9-14,21H,8,15-16H2,1-5H3,(H2,27,28,30)/t21-/m0/s1. The number of rotatable bonds is 5. The van der Waals surface area contributed by atoms with Gasteiger partial charge in [0.2, 0.25) is 0 Å². The van der Waals surface area contributed by atoms with E-state index >= 15 is 0 Å². The number of ether oxygens (including phenoxy) is 2. The van der Waals surface area contributed by atoms with E-state index in [0.717, 1.165) is 18.4 Å². The summed E-state index contributed by atoms with van der Waals surface area (Å²) in [5, 5.41) is 6.18. The summed E-state index contributed by atoms with van der Waals surface area (Å²) < 4.78 is 11.5. The van der Waals surface area contributed by atoms with Crippen molar-refractivity contribution in [2.75, 3.05) is 17.2 Å². The highest BCUT2D eigenvalue weighted by atomic mass is 35.5. The third-order valence-electron chi connectivity index (χ3n) is 5.24. The Labute approximate surface area is 200 Å². The highest BCUT2D eigenvalue weighted by Crippen LogP contribution is 2.31. The van der Waals surface area contributed by atoms with Gasteiger partial charge >= 0.3 is 12.1 Å². The van der Waals surface area contributed by atoms with Crippen molar-refractivity contribution in [3.05, 3.63) is 59.1 Å². The molecule has 33 heavy (non-hydrogen) atoms. The topological polar surface area (TPSA) is 79.9 Å². The maximum atomic E-state index is 12.8. The largest absolute Gasteiger partial charge is 0.444 e. The molecular weight excluding hydrogens is 442 g/mol. The van der Waals surface area contributed by atoms with Gasteiger partial charge in [0.25, 0.3) is 0 Å². The highest BCUT2D eigenvalue weighted by molar-refractivity contribution is 6.30. The average molecular weight is 474 g/mol. The van der Waals surface area contributed by atoms with Crippen molar-refractivity contribution >= 4 is 35.1 Å². The van der Waals surface area contributed by atoms with Crippen LogP contribution in [-0.4, -0.2) is 41.0 Å². The minimum Gasteiger partial charge on any atom is -0.444 e. The van der Waals surface area contributed by atoms with E-state index in [9.17, 15) is 9.59 Å². The Balaban J connectivity index is 1.54. The van der Waals surface area contributed by atoms with Gasteiger partial charge in [0.1, 0.15) is 11.3 Å². The summed E-state index contributed by atoms with van der Waals surface area (Å²) >= 11 is 5.86. The Hall–Kier alpha value is -2.77. The second-order valence-corrected chi connectivity index (χ2v) is 10.0. The van der Waals surface area contributed by atoms with Crippen LogP contribution in [0.15, 0.2) is 48.5 Å². The molecule has 0 aromatic heterocycles. The molecule has 2 N–H and O–H groups in total. The molecule has 0 spiro atoms. The lowest BCUT2D eigenvalue weighted by atomic mass is 10.0. The van der Waals surface area contributed by atoms with Crippen LogP contribution in [0.2, 0.25) is 5.02 Å². The predicted molar refractivity (Wildman–Crippen MR) is 131 cm³/mol. The van der Waals surface area contributed by atoms with Gasteiger partial charge in [-0.3, -0.25) is 4.90 Å². The summed E-state index contributed by atoms with van der Waals surface area (Å²) in [6.45, 7) is 9.80. The number of urea groups is 1.